The minimum atomic E-state index is 0. The van der Waals surface area contributed by atoms with E-state index in [9.17, 15) is 4.79 Å². The van der Waals surface area contributed by atoms with Crippen molar-refractivity contribution in [2.45, 2.75) is 59.3 Å². The number of rotatable bonds is 9. The van der Waals surface area contributed by atoms with E-state index in [1.165, 1.54) is 25.7 Å². The van der Waals surface area contributed by atoms with Crippen LogP contribution >= 0.6 is 24.0 Å². The molecule has 24 heavy (non-hydrogen) atoms. The van der Waals surface area contributed by atoms with Gasteiger partial charge in [0.2, 0.25) is 5.91 Å². The molecule has 0 unspecified atom stereocenters. The molecular weight excluding hydrogens is 415 g/mol. The monoisotopic (exact) mass is 450 g/mol. The van der Waals surface area contributed by atoms with Gasteiger partial charge in [0, 0.05) is 32.6 Å². The van der Waals surface area contributed by atoms with Gasteiger partial charge in [0.15, 0.2) is 5.96 Å². The zero-order valence-corrected chi connectivity index (χ0v) is 17.9. The highest BCUT2D eigenvalue weighted by Crippen LogP contribution is 2.19. The number of hydrogen-bond acceptors (Lipinski definition) is 2. The van der Waals surface area contributed by atoms with Gasteiger partial charge in [0.05, 0.1) is 6.54 Å². The average molecular weight is 450 g/mol. The second kappa shape index (κ2) is 14.5. The number of halogens is 1. The standard InChI is InChI=1S/C18H34N4O.HI/c1-4-19-18(20-14-12-16-10-8-7-9-11-16)21-15-13-17(23)22(5-2)6-3;/h10H,4-9,11-15H2,1-3H3,(H2,19,20,21);1H. The van der Waals surface area contributed by atoms with Gasteiger partial charge in [-0.25, -0.2) is 0 Å². The van der Waals surface area contributed by atoms with Crippen LogP contribution in [0.4, 0.5) is 0 Å². The van der Waals surface area contributed by atoms with Gasteiger partial charge in [-0.05, 0) is 52.9 Å². The molecule has 0 aliphatic heterocycles. The third-order valence-electron chi connectivity index (χ3n) is 4.18. The highest BCUT2D eigenvalue weighted by Gasteiger charge is 2.08. The van der Waals surface area contributed by atoms with Gasteiger partial charge in [-0.15, -0.1) is 24.0 Å². The molecule has 1 rings (SSSR count). The van der Waals surface area contributed by atoms with Crippen molar-refractivity contribution in [1.29, 1.82) is 0 Å². The molecule has 0 aromatic carbocycles. The molecule has 6 heteroatoms. The van der Waals surface area contributed by atoms with Gasteiger partial charge in [-0.2, -0.15) is 0 Å². The lowest BCUT2D eigenvalue weighted by Crippen LogP contribution is -2.38. The van der Waals surface area contributed by atoms with Crippen molar-refractivity contribution >= 4 is 35.8 Å². The van der Waals surface area contributed by atoms with Crippen LogP contribution in [-0.2, 0) is 4.79 Å². The Kier molecular flexibility index (Phi) is 14.1. The Hall–Kier alpha value is -0.790. The zero-order valence-electron chi connectivity index (χ0n) is 15.6. The molecule has 2 N–H and O–H groups in total. The van der Waals surface area contributed by atoms with Gasteiger partial charge in [0.1, 0.15) is 0 Å². The van der Waals surface area contributed by atoms with Crippen LogP contribution in [0.5, 0.6) is 0 Å². The number of guanidine groups is 1. The number of aliphatic imine (C=N–C) groups is 1. The summed E-state index contributed by atoms with van der Waals surface area (Å²) in [7, 11) is 0. The first kappa shape index (κ1) is 23.2. The van der Waals surface area contributed by atoms with Gasteiger partial charge >= 0.3 is 0 Å². The Balaban J connectivity index is 0.00000529. The first-order chi connectivity index (χ1) is 11.2. The van der Waals surface area contributed by atoms with E-state index in [1.807, 2.05) is 18.7 Å². The quantitative estimate of drug-likeness (QED) is 0.245. The van der Waals surface area contributed by atoms with Crippen LogP contribution in [0.3, 0.4) is 0 Å². The van der Waals surface area contributed by atoms with Crippen LogP contribution < -0.4 is 10.6 Å². The summed E-state index contributed by atoms with van der Waals surface area (Å²) in [6.07, 6.45) is 9.09. The van der Waals surface area contributed by atoms with Crippen LogP contribution in [0.2, 0.25) is 0 Å². The van der Waals surface area contributed by atoms with Crippen LogP contribution in [-0.4, -0.2) is 49.5 Å². The van der Waals surface area contributed by atoms with Crippen LogP contribution in [0, 0.1) is 0 Å². The topological polar surface area (TPSA) is 56.7 Å². The number of allylic oxidation sites excluding steroid dienone is 1. The molecule has 5 nitrogen and oxygen atoms in total. The fraction of sp³-hybridized carbons (Fsp3) is 0.778. The largest absolute Gasteiger partial charge is 0.357 e. The normalized spacial score (nSPS) is 14.5. The number of carbonyl (C=O) groups is 1. The number of amides is 1. The van der Waals surface area contributed by atoms with Gasteiger partial charge in [-0.3, -0.25) is 9.79 Å². The lowest BCUT2D eigenvalue weighted by molar-refractivity contribution is -0.130. The summed E-state index contributed by atoms with van der Waals surface area (Å²) in [4.78, 5) is 18.3. The average Bonchev–Trinajstić information content (AvgIpc) is 2.57. The fourth-order valence-electron chi connectivity index (χ4n) is 2.81. The van der Waals surface area contributed by atoms with E-state index in [4.69, 9.17) is 0 Å². The third-order valence-corrected chi connectivity index (χ3v) is 4.18. The minimum Gasteiger partial charge on any atom is -0.357 e. The second-order valence-corrected chi connectivity index (χ2v) is 5.86. The summed E-state index contributed by atoms with van der Waals surface area (Å²) in [5, 5.41) is 6.62. The SMILES string of the molecule is CCNC(=NCCC(=O)N(CC)CC)NCCC1=CCCCC1.I. The summed E-state index contributed by atoms with van der Waals surface area (Å²) in [6.45, 7) is 9.89. The van der Waals surface area contributed by atoms with Crippen LogP contribution in [0.1, 0.15) is 59.3 Å². The molecule has 0 spiro atoms. The zero-order chi connectivity index (χ0) is 16.9. The summed E-state index contributed by atoms with van der Waals surface area (Å²) < 4.78 is 0. The van der Waals surface area contributed by atoms with Crippen molar-refractivity contribution in [2.24, 2.45) is 4.99 Å². The third kappa shape index (κ3) is 9.49. The molecule has 140 valence electrons. The molecule has 0 fully saturated rings. The maximum atomic E-state index is 12.0. The molecule has 0 saturated carbocycles. The first-order valence-corrected chi connectivity index (χ1v) is 9.19. The van der Waals surface area contributed by atoms with Crippen molar-refractivity contribution in [3.63, 3.8) is 0 Å². The predicted molar refractivity (Wildman–Crippen MR) is 113 cm³/mol. The minimum absolute atomic E-state index is 0. The molecule has 0 saturated heterocycles. The van der Waals surface area contributed by atoms with Crippen molar-refractivity contribution in [3.8, 4) is 0 Å². The van der Waals surface area contributed by atoms with Crippen molar-refractivity contribution < 1.29 is 4.79 Å². The van der Waals surface area contributed by atoms with E-state index >= 15 is 0 Å². The van der Waals surface area contributed by atoms with Crippen molar-refractivity contribution in [3.05, 3.63) is 11.6 Å². The molecule has 0 aromatic heterocycles. The maximum Gasteiger partial charge on any atom is 0.224 e. The number of nitrogens with one attached hydrogen (secondary N) is 2. The Bertz CT molecular complexity index is 406. The molecule has 1 aliphatic carbocycles. The maximum absolute atomic E-state index is 12.0. The highest BCUT2D eigenvalue weighted by molar-refractivity contribution is 14.0. The van der Waals surface area contributed by atoms with E-state index < -0.39 is 0 Å². The molecule has 0 bridgehead atoms. The molecule has 1 amide bonds. The lowest BCUT2D eigenvalue weighted by Gasteiger charge is -2.18. The number of hydrogen-bond donors (Lipinski definition) is 2. The smallest absolute Gasteiger partial charge is 0.224 e. The summed E-state index contributed by atoms with van der Waals surface area (Å²) in [6, 6.07) is 0. The highest BCUT2D eigenvalue weighted by atomic mass is 127. The molecule has 1 aliphatic rings. The Morgan fingerprint density at radius 3 is 2.54 bits per heavy atom. The molecule has 0 atom stereocenters. The molecule has 0 heterocycles. The van der Waals surface area contributed by atoms with Crippen LogP contribution in [0.15, 0.2) is 16.6 Å². The Labute approximate surface area is 164 Å². The summed E-state index contributed by atoms with van der Waals surface area (Å²) in [5.41, 5.74) is 1.57. The molecule has 0 aromatic rings. The van der Waals surface area contributed by atoms with E-state index in [0.717, 1.165) is 38.6 Å². The Morgan fingerprint density at radius 1 is 1.21 bits per heavy atom. The van der Waals surface area contributed by atoms with Gasteiger partial charge in [-0.1, -0.05) is 11.6 Å². The van der Waals surface area contributed by atoms with E-state index in [0.29, 0.717) is 13.0 Å². The summed E-state index contributed by atoms with van der Waals surface area (Å²) in [5.74, 6) is 0.998. The fourth-order valence-corrected chi connectivity index (χ4v) is 2.81. The second-order valence-electron chi connectivity index (χ2n) is 5.86. The lowest BCUT2D eigenvalue weighted by atomic mass is 9.97. The number of carbonyl (C=O) groups excluding carboxylic acids is 1. The first-order valence-electron chi connectivity index (χ1n) is 9.19. The Morgan fingerprint density at radius 2 is 1.96 bits per heavy atom. The molecule has 0 radical (unpaired) electrons. The predicted octanol–water partition coefficient (Wildman–Crippen LogP) is 3.31. The van der Waals surface area contributed by atoms with E-state index in [1.54, 1.807) is 5.57 Å². The molecular formula is C18H35IN4O. The van der Waals surface area contributed by atoms with Crippen molar-refractivity contribution in [2.75, 3.05) is 32.7 Å². The van der Waals surface area contributed by atoms with Crippen LogP contribution in [0.25, 0.3) is 0 Å². The van der Waals surface area contributed by atoms with E-state index in [2.05, 4.69) is 28.6 Å². The van der Waals surface area contributed by atoms with E-state index in [-0.39, 0.29) is 29.9 Å². The summed E-state index contributed by atoms with van der Waals surface area (Å²) >= 11 is 0. The van der Waals surface area contributed by atoms with Gasteiger partial charge in [0.25, 0.3) is 0 Å². The van der Waals surface area contributed by atoms with Crippen molar-refractivity contribution in [1.82, 2.24) is 15.5 Å². The van der Waals surface area contributed by atoms with Gasteiger partial charge < -0.3 is 15.5 Å². The number of nitrogens with zero attached hydrogens (tertiary/aromatic N) is 2.